The third-order valence-electron chi connectivity index (χ3n) is 3.81. The molecule has 0 saturated carbocycles. The van der Waals surface area contributed by atoms with Crippen LogP contribution in [0.1, 0.15) is 18.3 Å². The van der Waals surface area contributed by atoms with Gasteiger partial charge in [-0.25, -0.2) is 4.98 Å². The molecular weight excluding hydrogens is 324 g/mol. The third kappa shape index (κ3) is 3.89. The van der Waals surface area contributed by atoms with Crippen LogP contribution in [0.4, 0.5) is 0 Å². The lowest BCUT2D eigenvalue weighted by atomic mass is 10.2. The molecule has 4 nitrogen and oxygen atoms in total. The topological polar surface area (TPSA) is 36.3 Å². The van der Waals surface area contributed by atoms with E-state index in [9.17, 15) is 0 Å². The number of aryl methyl sites for hydroxylation is 1. The number of hydrogen-bond donors (Lipinski definition) is 0. The Bertz CT molecular complexity index is 829. The highest BCUT2D eigenvalue weighted by Crippen LogP contribution is 2.22. The minimum Gasteiger partial charge on any atom is -0.486 e. The molecule has 5 heteroatoms. The zero-order valence-electron chi connectivity index (χ0n) is 14.0. The van der Waals surface area contributed by atoms with Gasteiger partial charge in [-0.2, -0.15) is 0 Å². The number of hydrogen-bond acceptors (Lipinski definition) is 3. The molecule has 1 aromatic heterocycles. The van der Waals surface area contributed by atoms with Crippen LogP contribution in [0.5, 0.6) is 5.75 Å². The van der Waals surface area contributed by atoms with Crippen molar-refractivity contribution < 1.29 is 9.47 Å². The van der Waals surface area contributed by atoms with Crippen LogP contribution in [0.25, 0.3) is 11.0 Å². The standard InChI is InChI=1S/C19H21ClN2O2/c1-3-23-10-9-22-18-12-15(20)7-8-17(18)21-19(22)13-24-16-6-4-5-14(2)11-16/h4-8,11-12H,3,9-10,13H2,1-2H3. The van der Waals surface area contributed by atoms with E-state index >= 15 is 0 Å². The first kappa shape index (κ1) is 16.8. The van der Waals surface area contributed by atoms with Gasteiger partial charge < -0.3 is 14.0 Å². The van der Waals surface area contributed by atoms with Gasteiger partial charge in [-0.3, -0.25) is 0 Å². The third-order valence-corrected chi connectivity index (χ3v) is 4.05. The van der Waals surface area contributed by atoms with Gasteiger partial charge in [0.25, 0.3) is 0 Å². The first-order chi connectivity index (χ1) is 11.7. The van der Waals surface area contributed by atoms with E-state index in [0.29, 0.717) is 24.8 Å². The molecule has 3 rings (SSSR count). The maximum absolute atomic E-state index is 6.15. The smallest absolute Gasteiger partial charge is 0.148 e. The molecule has 0 spiro atoms. The molecule has 1 heterocycles. The van der Waals surface area contributed by atoms with E-state index in [0.717, 1.165) is 29.2 Å². The van der Waals surface area contributed by atoms with Crippen molar-refractivity contribution in [2.75, 3.05) is 13.2 Å². The van der Waals surface area contributed by atoms with E-state index in [4.69, 9.17) is 26.1 Å². The lowest BCUT2D eigenvalue weighted by Gasteiger charge is -2.11. The summed E-state index contributed by atoms with van der Waals surface area (Å²) in [5.41, 5.74) is 3.09. The fraction of sp³-hybridized carbons (Fsp3) is 0.316. The monoisotopic (exact) mass is 344 g/mol. The SMILES string of the molecule is CCOCCn1c(COc2cccc(C)c2)nc2ccc(Cl)cc21. The number of rotatable bonds is 7. The fourth-order valence-corrected chi connectivity index (χ4v) is 2.82. The largest absolute Gasteiger partial charge is 0.486 e. The summed E-state index contributed by atoms with van der Waals surface area (Å²) >= 11 is 6.15. The number of imidazole rings is 1. The van der Waals surface area contributed by atoms with Crippen molar-refractivity contribution in [3.8, 4) is 5.75 Å². The molecule has 126 valence electrons. The van der Waals surface area contributed by atoms with Crippen molar-refractivity contribution in [2.24, 2.45) is 0 Å². The second-order valence-corrected chi connectivity index (χ2v) is 6.05. The van der Waals surface area contributed by atoms with Gasteiger partial charge in [0.2, 0.25) is 0 Å². The molecule has 0 bridgehead atoms. The average Bonchev–Trinajstić information content (AvgIpc) is 2.90. The lowest BCUT2D eigenvalue weighted by Crippen LogP contribution is -2.11. The molecule has 2 aromatic carbocycles. The second-order valence-electron chi connectivity index (χ2n) is 5.61. The molecule has 0 fully saturated rings. The minimum absolute atomic E-state index is 0.405. The van der Waals surface area contributed by atoms with Crippen LogP contribution in [-0.4, -0.2) is 22.8 Å². The van der Waals surface area contributed by atoms with Gasteiger partial charge in [-0.1, -0.05) is 23.7 Å². The van der Waals surface area contributed by atoms with Crippen molar-refractivity contribution in [2.45, 2.75) is 27.0 Å². The van der Waals surface area contributed by atoms with E-state index in [2.05, 4.69) is 4.57 Å². The summed E-state index contributed by atoms with van der Waals surface area (Å²) in [7, 11) is 0. The predicted molar refractivity (Wildman–Crippen MR) is 96.7 cm³/mol. The molecule has 0 aliphatic carbocycles. The van der Waals surface area contributed by atoms with Gasteiger partial charge in [-0.15, -0.1) is 0 Å². The molecule has 0 unspecified atom stereocenters. The number of fused-ring (bicyclic) bond motifs is 1. The highest BCUT2D eigenvalue weighted by Gasteiger charge is 2.12. The molecule has 0 saturated heterocycles. The highest BCUT2D eigenvalue weighted by atomic mass is 35.5. The molecule has 0 aliphatic rings. The van der Waals surface area contributed by atoms with Gasteiger partial charge in [0.05, 0.1) is 17.6 Å². The Morgan fingerprint density at radius 2 is 2.04 bits per heavy atom. The number of halogens is 1. The number of nitrogens with zero attached hydrogens (tertiary/aromatic N) is 2. The zero-order chi connectivity index (χ0) is 16.9. The van der Waals surface area contributed by atoms with Crippen LogP contribution in [-0.2, 0) is 17.9 Å². The van der Waals surface area contributed by atoms with Gasteiger partial charge in [0, 0.05) is 18.2 Å². The van der Waals surface area contributed by atoms with Crippen molar-refractivity contribution in [1.29, 1.82) is 0 Å². The maximum Gasteiger partial charge on any atom is 0.148 e. The van der Waals surface area contributed by atoms with Crippen molar-refractivity contribution in [1.82, 2.24) is 9.55 Å². The zero-order valence-corrected chi connectivity index (χ0v) is 14.7. The van der Waals surface area contributed by atoms with Crippen LogP contribution >= 0.6 is 11.6 Å². The Hall–Kier alpha value is -2.04. The fourth-order valence-electron chi connectivity index (χ4n) is 2.66. The van der Waals surface area contributed by atoms with Crippen molar-refractivity contribution in [3.05, 3.63) is 58.9 Å². The molecule has 0 atom stereocenters. The molecule has 0 aliphatic heterocycles. The normalized spacial score (nSPS) is 11.1. The first-order valence-corrected chi connectivity index (χ1v) is 8.47. The summed E-state index contributed by atoms with van der Waals surface area (Å²) in [4.78, 5) is 4.69. The maximum atomic E-state index is 6.15. The molecule has 0 N–H and O–H groups in total. The van der Waals surface area contributed by atoms with E-state index < -0.39 is 0 Å². The second kappa shape index (κ2) is 7.69. The summed E-state index contributed by atoms with van der Waals surface area (Å²) < 4.78 is 13.5. The predicted octanol–water partition coefficient (Wildman–Crippen LogP) is 4.61. The van der Waals surface area contributed by atoms with Crippen molar-refractivity contribution in [3.63, 3.8) is 0 Å². The van der Waals surface area contributed by atoms with Crippen LogP contribution < -0.4 is 4.74 Å². The van der Waals surface area contributed by atoms with Gasteiger partial charge >= 0.3 is 0 Å². The summed E-state index contributed by atoms with van der Waals surface area (Å²) in [6.45, 7) is 6.49. The van der Waals surface area contributed by atoms with Gasteiger partial charge in [-0.05, 0) is 49.7 Å². The minimum atomic E-state index is 0.405. The molecular formula is C19H21ClN2O2. The van der Waals surface area contributed by atoms with Crippen LogP contribution in [0.2, 0.25) is 5.02 Å². The Morgan fingerprint density at radius 3 is 2.83 bits per heavy atom. The van der Waals surface area contributed by atoms with Crippen LogP contribution in [0.15, 0.2) is 42.5 Å². The number of aromatic nitrogens is 2. The van der Waals surface area contributed by atoms with Gasteiger partial charge in [0.1, 0.15) is 18.2 Å². The van der Waals surface area contributed by atoms with E-state index in [1.807, 2.05) is 56.3 Å². The summed E-state index contributed by atoms with van der Waals surface area (Å²) in [5, 5.41) is 0.700. The van der Waals surface area contributed by atoms with Crippen LogP contribution in [0.3, 0.4) is 0 Å². The van der Waals surface area contributed by atoms with Crippen molar-refractivity contribution >= 4 is 22.6 Å². The molecule has 24 heavy (non-hydrogen) atoms. The van der Waals surface area contributed by atoms with Crippen LogP contribution in [0, 0.1) is 6.92 Å². The number of benzene rings is 2. The quantitative estimate of drug-likeness (QED) is 0.587. The first-order valence-electron chi connectivity index (χ1n) is 8.09. The Labute approximate surface area is 147 Å². The number of ether oxygens (including phenoxy) is 2. The highest BCUT2D eigenvalue weighted by molar-refractivity contribution is 6.31. The van der Waals surface area contributed by atoms with E-state index in [1.54, 1.807) is 0 Å². The summed E-state index contributed by atoms with van der Waals surface area (Å²) in [5.74, 6) is 1.71. The summed E-state index contributed by atoms with van der Waals surface area (Å²) in [6, 6.07) is 13.7. The van der Waals surface area contributed by atoms with E-state index in [-0.39, 0.29) is 0 Å². The Kier molecular flexibility index (Phi) is 5.38. The van der Waals surface area contributed by atoms with Gasteiger partial charge in [0.15, 0.2) is 0 Å². The Morgan fingerprint density at radius 1 is 1.17 bits per heavy atom. The molecule has 3 aromatic rings. The average molecular weight is 345 g/mol. The summed E-state index contributed by atoms with van der Waals surface area (Å²) in [6.07, 6.45) is 0. The molecule has 0 amide bonds. The van der Waals surface area contributed by atoms with E-state index in [1.165, 1.54) is 5.56 Å². The molecule has 0 radical (unpaired) electrons. The lowest BCUT2D eigenvalue weighted by molar-refractivity contribution is 0.138. The Balaban J connectivity index is 1.86.